The molecule has 1 atom stereocenters. The Morgan fingerprint density at radius 2 is 1.82 bits per heavy atom. The number of piperazine rings is 1. The fourth-order valence-corrected chi connectivity index (χ4v) is 3.68. The van der Waals surface area contributed by atoms with Gasteiger partial charge in [0.05, 0.1) is 12.2 Å². The van der Waals surface area contributed by atoms with E-state index in [1.54, 1.807) is 6.07 Å². The molecule has 2 aromatic carbocycles. The van der Waals surface area contributed by atoms with Gasteiger partial charge in [0.1, 0.15) is 5.75 Å². The fourth-order valence-electron chi connectivity index (χ4n) is 3.68. The van der Waals surface area contributed by atoms with Gasteiger partial charge in [-0.15, -0.1) is 24.0 Å². The molecule has 0 aromatic heterocycles. The highest BCUT2D eigenvalue weighted by Crippen LogP contribution is 2.27. The number of nitrogens with zero attached hydrogens (tertiary/aromatic N) is 3. The number of rotatable bonds is 7. The minimum atomic E-state index is -0.00602. The van der Waals surface area contributed by atoms with E-state index in [1.807, 2.05) is 56.3 Å². The van der Waals surface area contributed by atoms with E-state index in [4.69, 9.17) is 4.99 Å². The third kappa shape index (κ3) is 7.52. The average molecular weight is 566 g/mol. The van der Waals surface area contributed by atoms with E-state index >= 15 is 0 Å². The van der Waals surface area contributed by atoms with Crippen LogP contribution in [0.3, 0.4) is 0 Å². The smallest absolute Gasteiger partial charge is 0.227 e. The monoisotopic (exact) mass is 565 g/mol. The second-order valence-electron chi connectivity index (χ2n) is 8.13. The van der Waals surface area contributed by atoms with Crippen molar-refractivity contribution in [2.45, 2.75) is 33.7 Å². The second kappa shape index (κ2) is 13.3. The quantitative estimate of drug-likeness (QED) is 0.266. The van der Waals surface area contributed by atoms with Crippen LogP contribution in [0.15, 0.2) is 53.5 Å². The number of hydrogen-bond acceptors (Lipinski definition) is 4. The molecule has 1 amide bonds. The molecule has 1 aliphatic rings. The summed E-state index contributed by atoms with van der Waals surface area (Å²) in [5.74, 6) is 1.25. The number of carbonyl (C=O) groups is 1. The van der Waals surface area contributed by atoms with Gasteiger partial charge in [-0.3, -0.25) is 4.79 Å². The van der Waals surface area contributed by atoms with Crippen molar-refractivity contribution in [1.82, 2.24) is 10.2 Å². The Balaban J connectivity index is 0.00000385. The summed E-state index contributed by atoms with van der Waals surface area (Å²) in [6, 6.07) is 15.4. The van der Waals surface area contributed by atoms with Crippen LogP contribution in [0.1, 0.15) is 32.8 Å². The lowest BCUT2D eigenvalue weighted by Gasteiger charge is -2.37. The van der Waals surface area contributed by atoms with Crippen molar-refractivity contribution in [3.05, 3.63) is 54.1 Å². The highest BCUT2D eigenvalue weighted by atomic mass is 127. The summed E-state index contributed by atoms with van der Waals surface area (Å²) in [5, 5.41) is 16.5. The van der Waals surface area contributed by atoms with Gasteiger partial charge in [0.15, 0.2) is 5.96 Å². The van der Waals surface area contributed by atoms with Crippen molar-refractivity contribution in [2.24, 2.45) is 10.9 Å². The zero-order valence-electron chi connectivity index (χ0n) is 19.8. The van der Waals surface area contributed by atoms with Crippen LogP contribution < -0.4 is 15.5 Å². The predicted octanol–water partition coefficient (Wildman–Crippen LogP) is 4.28. The van der Waals surface area contributed by atoms with Crippen molar-refractivity contribution in [1.29, 1.82) is 0 Å². The van der Waals surface area contributed by atoms with Crippen molar-refractivity contribution in [3.63, 3.8) is 0 Å². The number of amides is 1. The van der Waals surface area contributed by atoms with Crippen molar-refractivity contribution < 1.29 is 9.90 Å². The first-order valence-corrected chi connectivity index (χ1v) is 11.5. The van der Waals surface area contributed by atoms with Crippen molar-refractivity contribution in [2.75, 3.05) is 42.9 Å². The van der Waals surface area contributed by atoms with Gasteiger partial charge in [-0.25, -0.2) is 4.99 Å². The fraction of sp³-hybridized carbons (Fsp3) is 0.440. The molecule has 0 radical (unpaired) electrons. The third-order valence-corrected chi connectivity index (χ3v) is 5.80. The van der Waals surface area contributed by atoms with Gasteiger partial charge in [0, 0.05) is 44.3 Å². The number of nitrogens with one attached hydrogen (secondary N) is 2. The van der Waals surface area contributed by atoms with Crippen LogP contribution in [0.5, 0.6) is 5.75 Å². The molecule has 0 bridgehead atoms. The van der Waals surface area contributed by atoms with Crippen LogP contribution in [-0.2, 0) is 11.3 Å². The molecule has 3 N–H and O–H groups in total. The normalized spacial score (nSPS) is 14.9. The van der Waals surface area contributed by atoms with Crippen LogP contribution in [-0.4, -0.2) is 54.6 Å². The van der Waals surface area contributed by atoms with Gasteiger partial charge >= 0.3 is 0 Å². The average Bonchev–Trinajstić information content (AvgIpc) is 2.82. The van der Waals surface area contributed by atoms with Crippen LogP contribution >= 0.6 is 24.0 Å². The van der Waals surface area contributed by atoms with Crippen LogP contribution in [0.25, 0.3) is 0 Å². The highest BCUT2D eigenvalue weighted by molar-refractivity contribution is 14.0. The Morgan fingerprint density at radius 3 is 2.48 bits per heavy atom. The molecule has 2 aromatic rings. The van der Waals surface area contributed by atoms with Gasteiger partial charge in [0.25, 0.3) is 0 Å². The third-order valence-electron chi connectivity index (χ3n) is 5.80. The number of aliphatic imine (C=N–C) groups is 1. The van der Waals surface area contributed by atoms with Crippen molar-refractivity contribution >= 4 is 47.2 Å². The van der Waals surface area contributed by atoms with E-state index in [0.717, 1.165) is 62.0 Å². The molecule has 8 heteroatoms. The number of hydrogen-bond donors (Lipinski definition) is 3. The van der Waals surface area contributed by atoms with E-state index in [-0.39, 0.29) is 35.8 Å². The molecular weight excluding hydrogens is 529 g/mol. The van der Waals surface area contributed by atoms with E-state index in [1.165, 1.54) is 0 Å². The number of phenolic OH excluding ortho intramolecular Hbond substituents is 1. The standard InChI is InChI=1S/C25H35N5O2.HI/c1-4-19(3)24(32)28-21-10-8-9-20(17-21)18-27-25(26-5-2)30-15-13-29(14-16-30)22-11-6-7-12-23(22)31;/h6-12,17,19,31H,4-5,13-16,18H2,1-3H3,(H,26,27)(H,28,32);1H. The topological polar surface area (TPSA) is 80.2 Å². The summed E-state index contributed by atoms with van der Waals surface area (Å²) in [4.78, 5) is 21.5. The molecule has 0 aliphatic carbocycles. The molecule has 1 aliphatic heterocycles. The summed E-state index contributed by atoms with van der Waals surface area (Å²) in [7, 11) is 0. The second-order valence-corrected chi connectivity index (χ2v) is 8.13. The van der Waals surface area contributed by atoms with Gasteiger partial charge in [-0.1, -0.05) is 38.1 Å². The molecule has 7 nitrogen and oxygen atoms in total. The van der Waals surface area contributed by atoms with E-state index < -0.39 is 0 Å². The lowest BCUT2D eigenvalue weighted by molar-refractivity contribution is -0.119. The molecule has 1 heterocycles. The van der Waals surface area contributed by atoms with E-state index in [2.05, 4.69) is 27.4 Å². The van der Waals surface area contributed by atoms with Gasteiger partial charge in [0.2, 0.25) is 5.91 Å². The number of benzene rings is 2. The molecule has 1 fully saturated rings. The first-order chi connectivity index (χ1) is 15.5. The zero-order chi connectivity index (χ0) is 22.9. The van der Waals surface area contributed by atoms with Gasteiger partial charge in [-0.05, 0) is 43.2 Å². The maximum absolute atomic E-state index is 12.2. The first-order valence-electron chi connectivity index (χ1n) is 11.5. The Morgan fingerprint density at radius 1 is 1.09 bits per heavy atom. The SMILES string of the molecule is CCNC(=NCc1cccc(NC(=O)C(C)CC)c1)N1CCN(c2ccccc2O)CC1.I. The lowest BCUT2D eigenvalue weighted by atomic mass is 10.1. The maximum Gasteiger partial charge on any atom is 0.227 e. The molecule has 1 unspecified atom stereocenters. The Bertz CT molecular complexity index is 929. The number of guanidine groups is 1. The molecule has 0 spiro atoms. The summed E-state index contributed by atoms with van der Waals surface area (Å²) < 4.78 is 0. The van der Waals surface area contributed by atoms with Crippen LogP contribution in [0.2, 0.25) is 0 Å². The number of para-hydroxylation sites is 2. The van der Waals surface area contributed by atoms with E-state index in [0.29, 0.717) is 12.3 Å². The molecule has 33 heavy (non-hydrogen) atoms. The Kier molecular flexibility index (Phi) is 10.8. The zero-order valence-corrected chi connectivity index (χ0v) is 22.1. The minimum absolute atomic E-state index is 0. The Labute approximate surface area is 214 Å². The summed E-state index contributed by atoms with van der Waals surface area (Å²) >= 11 is 0. The van der Waals surface area contributed by atoms with E-state index in [9.17, 15) is 9.90 Å². The molecule has 0 saturated carbocycles. The number of aromatic hydroxyl groups is 1. The van der Waals surface area contributed by atoms with Gasteiger partial charge < -0.3 is 25.5 Å². The molecule has 3 rings (SSSR count). The highest BCUT2D eigenvalue weighted by Gasteiger charge is 2.21. The van der Waals surface area contributed by atoms with Crippen LogP contribution in [0.4, 0.5) is 11.4 Å². The van der Waals surface area contributed by atoms with Crippen LogP contribution in [0, 0.1) is 5.92 Å². The molecular formula is C25H36IN5O2. The van der Waals surface area contributed by atoms with Crippen molar-refractivity contribution in [3.8, 4) is 5.75 Å². The number of anilines is 2. The number of phenols is 1. The first kappa shape index (κ1) is 26.8. The number of carbonyl (C=O) groups excluding carboxylic acids is 1. The number of halogens is 1. The maximum atomic E-state index is 12.2. The minimum Gasteiger partial charge on any atom is -0.506 e. The molecule has 1 saturated heterocycles. The summed E-state index contributed by atoms with van der Waals surface area (Å²) in [5.41, 5.74) is 2.74. The summed E-state index contributed by atoms with van der Waals surface area (Å²) in [6.07, 6.45) is 0.818. The lowest BCUT2D eigenvalue weighted by Crippen LogP contribution is -2.52. The predicted molar refractivity (Wildman–Crippen MR) is 147 cm³/mol. The molecule has 180 valence electrons. The summed E-state index contributed by atoms with van der Waals surface area (Å²) in [6.45, 7) is 10.6. The van der Waals surface area contributed by atoms with Gasteiger partial charge in [-0.2, -0.15) is 0 Å². The Hall–Kier alpha value is -2.49. The largest absolute Gasteiger partial charge is 0.506 e.